The fraction of sp³-hybridized carbons (Fsp3) is 0.759. The lowest BCUT2D eigenvalue weighted by atomic mass is 10.2. The molecular weight excluding hydrogens is 633 g/mol. The molecule has 0 unspecified atom stereocenters. The van der Waals surface area contributed by atoms with E-state index in [-0.39, 0.29) is 26.4 Å². The van der Waals surface area contributed by atoms with E-state index in [1.165, 1.54) is 0 Å². The van der Waals surface area contributed by atoms with E-state index < -0.39 is 47.2 Å². The third-order valence-corrected chi connectivity index (χ3v) is 5.49. The Hall–Kier alpha value is -2.06. The molecule has 17 heteroatoms. The van der Waals surface area contributed by atoms with E-state index in [0.717, 1.165) is 6.54 Å². The smallest absolute Gasteiger partial charge is 0.313 e. The Morgan fingerprint density at radius 1 is 0.435 bits per heavy atom. The van der Waals surface area contributed by atoms with Crippen molar-refractivity contribution in [3.05, 3.63) is 29.1 Å². The fourth-order valence-electron chi connectivity index (χ4n) is 3.10. The summed E-state index contributed by atoms with van der Waals surface area (Å²) in [6.45, 7) is 7.76. The van der Waals surface area contributed by atoms with E-state index in [1.54, 1.807) is 0 Å². The summed E-state index contributed by atoms with van der Waals surface area (Å²) >= 11 is 0. The summed E-state index contributed by atoms with van der Waals surface area (Å²) < 4.78 is 119. The minimum absolute atomic E-state index is 0.0850. The van der Waals surface area contributed by atoms with E-state index in [1.807, 2.05) is 14.1 Å². The molecule has 0 heterocycles. The lowest BCUT2D eigenvalue weighted by Crippen LogP contribution is -2.19. The molecule has 0 bridgehead atoms. The molecule has 0 N–H and O–H groups in total. The number of hydrogen-bond donors (Lipinski definition) is 0. The highest BCUT2D eigenvalue weighted by atomic mass is 19.2. The Morgan fingerprint density at radius 3 is 1.00 bits per heavy atom. The summed E-state index contributed by atoms with van der Waals surface area (Å²) in [6, 6.07) is 0. The first-order valence-corrected chi connectivity index (χ1v) is 14.8. The Balaban J connectivity index is 1.78. The van der Waals surface area contributed by atoms with Gasteiger partial charge in [-0.15, -0.1) is 0 Å². The number of carbonyl (C=O) groups excluding carboxylic acids is 1. The van der Waals surface area contributed by atoms with E-state index in [0.29, 0.717) is 92.5 Å². The van der Waals surface area contributed by atoms with Crippen LogP contribution in [-0.4, -0.2) is 150 Å². The van der Waals surface area contributed by atoms with Crippen LogP contribution in [0.1, 0.15) is 6.42 Å². The minimum atomic E-state index is -2.35. The lowest BCUT2D eigenvalue weighted by Gasteiger charge is -2.10. The highest BCUT2D eigenvalue weighted by Crippen LogP contribution is 2.29. The maximum Gasteiger partial charge on any atom is 0.313 e. The molecule has 0 fully saturated rings. The SMILES string of the molecule is CN(C)CCOCCOCCOCCOCCOCCOCCOCCOCCOCCC(=O)Oc1c(F)c(F)c(F)c(F)c1F. The summed E-state index contributed by atoms with van der Waals surface area (Å²) in [5.41, 5.74) is 0. The van der Waals surface area contributed by atoms with E-state index in [2.05, 4.69) is 9.64 Å². The molecule has 0 saturated carbocycles. The van der Waals surface area contributed by atoms with Crippen molar-refractivity contribution in [2.75, 3.05) is 140 Å². The highest BCUT2D eigenvalue weighted by Gasteiger charge is 2.28. The number of hydrogen-bond acceptors (Lipinski definition) is 12. The van der Waals surface area contributed by atoms with Gasteiger partial charge in [0.1, 0.15) is 0 Å². The van der Waals surface area contributed by atoms with Gasteiger partial charge in [0.2, 0.25) is 34.8 Å². The predicted octanol–water partition coefficient (Wildman–Crippen LogP) is 2.39. The van der Waals surface area contributed by atoms with Gasteiger partial charge in [-0.2, -0.15) is 8.78 Å². The molecule has 0 aliphatic heterocycles. The number of esters is 1. The first-order valence-electron chi connectivity index (χ1n) is 14.8. The second-order valence-electron chi connectivity index (χ2n) is 9.44. The first kappa shape index (κ1) is 42.0. The number of benzene rings is 1. The van der Waals surface area contributed by atoms with Crippen LogP contribution in [0.25, 0.3) is 0 Å². The topological polar surface area (TPSA) is 113 Å². The fourth-order valence-corrected chi connectivity index (χ4v) is 3.10. The predicted molar refractivity (Wildman–Crippen MR) is 152 cm³/mol. The lowest BCUT2D eigenvalue weighted by molar-refractivity contribution is -0.136. The van der Waals surface area contributed by atoms with Gasteiger partial charge in [-0.25, -0.2) is 13.2 Å². The van der Waals surface area contributed by atoms with E-state index in [9.17, 15) is 26.7 Å². The molecule has 1 rings (SSSR count). The highest BCUT2D eigenvalue weighted by molar-refractivity contribution is 5.72. The van der Waals surface area contributed by atoms with Crippen LogP contribution in [0.4, 0.5) is 22.0 Å². The van der Waals surface area contributed by atoms with Gasteiger partial charge in [-0.05, 0) is 14.1 Å². The molecule has 0 radical (unpaired) electrons. The molecule has 0 atom stereocenters. The molecule has 0 aliphatic carbocycles. The van der Waals surface area contributed by atoms with Gasteiger partial charge in [0.25, 0.3) is 0 Å². The van der Waals surface area contributed by atoms with Crippen molar-refractivity contribution >= 4 is 5.97 Å². The van der Waals surface area contributed by atoms with Crippen LogP contribution in [0.5, 0.6) is 5.75 Å². The van der Waals surface area contributed by atoms with Crippen molar-refractivity contribution in [1.29, 1.82) is 0 Å². The van der Waals surface area contributed by atoms with Crippen molar-refractivity contribution in [3.63, 3.8) is 0 Å². The third-order valence-electron chi connectivity index (χ3n) is 5.49. The second-order valence-corrected chi connectivity index (χ2v) is 9.44. The Morgan fingerprint density at radius 2 is 0.696 bits per heavy atom. The van der Waals surface area contributed by atoms with Gasteiger partial charge < -0.3 is 52.3 Å². The normalized spacial score (nSPS) is 11.6. The number of carbonyl (C=O) groups is 1. The zero-order valence-electron chi connectivity index (χ0n) is 26.5. The molecule has 268 valence electrons. The zero-order valence-corrected chi connectivity index (χ0v) is 26.5. The monoisotopic (exact) mass is 679 g/mol. The zero-order chi connectivity index (χ0) is 33.8. The molecule has 1 aromatic carbocycles. The Bertz CT molecular complexity index is 905. The van der Waals surface area contributed by atoms with Gasteiger partial charge in [-0.1, -0.05) is 0 Å². The minimum Gasteiger partial charge on any atom is -0.420 e. The van der Waals surface area contributed by atoms with Crippen molar-refractivity contribution < 1.29 is 74.1 Å². The first-order chi connectivity index (χ1) is 22.3. The van der Waals surface area contributed by atoms with Crippen molar-refractivity contribution in [2.24, 2.45) is 0 Å². The Kier molecular flexibility index (Phi) is 25.5. The summed E-state index contributed by atoms with van der Waals surface area (Å²) in [5, 5.41) is 0. The Labute approximate surface area is 266 Å². The van der Waals surface area contributed by atoms with E-state index >= 15 is 0 Å². The molecule has 1 aromatic rings. The standard InChI is InChI=1S/C29H46F5NO11/c1-35(2)4-6-38-8-10-40-12-14-42-16-18-44-20-22-45-21-19-43-17-15-41-13-11-39-9-7-37-5-3-23(36)46-29-27(33)25(31)24(30)26(32)28(29)34/h3-22H2,1-2H3. The second kappa shape index (κ2) is 28.0. The molecule has 46 heavy (non-hydrogen) atoms. The number of likely N-dealkylation sites (N-methyl/N-ethyl adjacent to an activating group) is 1. The molecular formula is C29H46F5NO11. The number of ether oxygens (including phenoxy) is 10. The van der Waals surface area contributed by atoms with Gasteiger partial charge in [0.05, 0.1) is 125 Å². The van der Waals surface area contributed by atoms with Crippen molar-refractivity contribution in [2.45, 2.75) is 6.42 Å². The van der Waals surface area contributed by atoms with Crippen molar-refractivity contribution in [1.82, 2.24) is 4.90 Å². The van der Waals surface area contributed by atoms with Crippen LogP contribution < -0.4 is 4.74 Å². The molecule has 0 aliphatic rings. The van der Waals surface area contributed by atoms with Gasteiger partial charge >= 0.3 is 5.97 Å². The largest absolute Gasteiger partial charge is 0.420 e. The van der Waals surface area contributed by atoms with Crippen LogP contribution >= 0.6 is 0 Å². The number of halogens is 5. The van der Waals surface area contributed by atoms with Gasteiger partial charge in [0.15, 0.2) is 0 Å². The van der Waals surface area contributed by atoms with Crippen LogP contribution in [0.15, 0.2) is 0 Å². The molecule has 0 amide bonds. The van der Waals surface area contributed by atoms with Crippen LogP contribution in [-0.2, 0) is 47.4 Å². The van der Waals surface area contributed by atoms with Crippen LogP contribution in [0.2, 0.25) is 0 Å². The van der Waals surface area contributed by atoms with Crippen molar-refractivity contribution in [3.8, 4) is 5.75 Å². The third kappa shape index (κ3) is 20.9. The average molecular weight is 680 g/mol. The number of nitrogens with zero attached hydrogens (tertiary/aromatic N) is 1. The maximum absolute atomic E-state index is 13.5. The van der Waals surface area contributed by atoms with E-state index in [4.69, 9.17) is 42.6 Å². The molecule has 0 spiro atoms. The molecule has 12 nitrogen and oxygen atoms in total. The summed E-state index contributed by atoms with van der Waals surface area (Å²) in [6.07, 6.45) is -0.483. The molecule has 0 saturated heterocycles. The van der Waals surface area contributed by atoms with Gasteiger partial charge in [0, 0.05) is 6.54 Å². The summed E-state index contributed by atoms with van der Waals surface area (Å²) in [4.78, 5) is 13.7. The summed E-state index contributed by atoms with van der Waals surface area (Å²) in [7, 11) is 3.99. The number of rotatable bonds is 31. The maximum atomic E-state index is 13.5. The summed E-state index contributed by atoms with van der Waals surface area (Å²) in [5.74, 6) is -14.1. The quantitative estimate of drug-likeness (QED) is 0.0287. The molecule has 0 aromatic heterocycles. The van der Waals surface area contributed by atoms with Crippen LogP contribution in [0, 0.1) is 29.1 Å². The van der Waals surface area contributed by atoms with Gasteiger partial charge in [-0.3, -0.25) is 4.79 Å². The van der Waals surface area contributed by atoms with Crippen LogP contribution in [0.3, 0.4) is 0 Å². The average Bonchev–Trinajstić information content (AvgIpc) is 3.04.